The van der Waals surface area contributed by atoms with Gasteiger partial charge >= 0.3 is 0 Å². The van der Waals surface area contributed by atoms with E-state index in [4.69, 9.17) is 4.74 Å². The predicted molar refractivity (Wildman–Crippen MR) is 120 cm³/mol. The van der Waals surface area contributed by atoms with Crippen LogP contribution in [0, 0.1) is 23.6 Å². The maximum absolute atomic E-state index is 14.5. The van der Waals surface area contributed by atoms with Crippen molar-refractivity contribution in [2.45, 2.75) is 71.1 Å². The Bertz CT molecular complexity index is 855. The number of rotatable bonds is 6. The van der Waals surface area contributed by atoms with Gasteiger partial charge in [0.05, 0.1) is 0 Å². The van der Waals surface area contributed by atoms with Gasteiger partial charge in [-0.05, 0) is 91.2 Å². The van der Waals surface area contributed by atoms with Crippen LogP contribution < -0.4 is 4.74 Å². The van der Waals surface area contributed by atoms with Crippen molar-refractivity contribution in [3.8, 4) is 5.75 Å². The minimum Gasteiger partial charge on any atom is -0.486 e. The van der Waals surface area contributed by atoms with E-state index in [9.17, 15) is 4.39 Å². The van der Waals surface area contributed by atoms with Crippen molar-refractivity contribution < 1.29 is 9.13 Å². The van der Waals surface area contributed by atoms with Crippen LogP contribution in [0.15, 0.2) is 42.5 Å². The minimum absolute atomic E-state index is 0.267. The summed E-state index contributed by atoms with van der Waals surface area (Å²) in [5, 5.41) is 2.05. The van der Waals surface area contributed by atoms with E-state index in [-0.39, 0.29) is 5.82 Å². The molecule has 156 valence electrons. The summed E-state index contributed by atoms with van der Waals surface area (Å²) in [7, 11) is 0. The molecule has 29 heavy (non-hydrogen) atoms. The molecule has 0 heterocycles. The van der Waals surface area contributed by atoms with E-state index in [1.54, 1.807) is 6.07 Å². The lowest BCUT2D eigenvalue weighted by Crippen LogP contribution is -2.30. The van der Waals surface area contributed by atoms with Crippen LogP contribution in [0.4, 0.5) is 4.39 Å². The van der Waals surface area contributed by atoms with E-state index in [1.165, 1.54) is 56.9 Å². The van der Waals surface area contributed by atoms with Crippen molar-refractivity contribution in [3.63, 3.8) is 0 Å². The number of benzene rings is 2. The average molecular weight is 395 g/mol. The molecule has 0 saturated heterocycles. The fraction of sp³-hybridized carbons (Fsp3) is 0.556. The summed E-state index contributed by atoms with van der Waals surface area (Å²) < 4.78 is 20.0. The Labute approximate surface area is 175 Å². The third-order valence-electron chi connectivity index (χ3n) is 7.38. The molecule has 0 radical (unpaired) electrons. The first-order valence-corrected chi connectivity index (χ1v) is 11.6. The number of halogens is 1. The van der Waals surface area contributed by atoms with Crippen LogP contribution in [-0.2, 0) is 0 Å². The van der Waals surface area contributed by atoms with Crippen LogP contribution in [0.1, 0.15) is 76.7 Å². The van der Waals surface area contributed by atoms with Crippen LogP contribution in [-0.4, -0.2) is 6.61 Å². The van der Waals surface area contributed by atoms with E-state index in [1.807, 2.05) is 25.1 Å². The highest BCUT2D eigenvalue weighted by atomic mass is 19.1. The zero-order chi connectivity index (χ0) is 20.2. The van der Waals surface area contributed by atoms with Crippen molar-refractivity contribution in [1.29, 1.82) is 0 Å². The molecule has 0 N–H and O–H groups in total. The Morgan fingerprint density at radius 1 is 1.00 bits per heavy atom. The lowest BCUT2D eigenvalue weighted by Gasteiger charge is -2.42. The van der Waals surface area contributed by atoms with Crippen LogP contribution >= 0.6 is 0 Å². The Morgan fingerprint density at radius 3 is 2.66 bits per heavy atom. The molecule has 2 aliphatic carbocycles. The van der Waals surface area contributed by atoms with Crippen LogP contribution in [0.25, 0.3) is 10.8 Å². The molecule has 0 bridgehead atoms. The second-order valence-corrected chi connectivity index (χ2v) is 9.27. The summed E-state index contributed by atoms with van der Waals surface area (Å²) in [6, 6.07) is 10.1. The van der Waals surface area contributed by atoms with Crippen LogP contribution in [0.5, 0.6) is 5.75 Å². The molecule has 2 aromatic carbocycles. The summed E-state index contributed by atoms with van der Waals surface area (Å²) in [6.45, 7) is 4.66. The normalized spacial score (nSPS) is 27.3. The van der Waals surface area contributed by atoms with Gasteiger partial charge in [0.1, 0.15) is 6.61 Å². The standard InChI is InChI=1S/C27H35FO/c1-3-5-13-29-27-18-24-12-11-23(16-25(24)17-26(27)28)22-10-9-20-14-19(6-4-2)7-8-21(20)15-22/h3,5,11-12,16-22H,4,6-10,13-15H2,1-2H3/b5-3+. The van der Waals surface area contributed by atoms with Crippen molar-refractivity contribution >= 4 is 10.8 Å². The molecule has 2 saturated carbocycles. The summed E-state index contributed by atoms with van der Waals surface area (Å²) in [5.41, 5.74) is 1.40. The largest absolute Gasteiger partial charge is 0.486 e. The monoisotopic (exact) mass is 394 g/mol. The van der Waals surface area contributed by atoms with Crippen molar-refractivity contribution in [2.75, 3.05) is 6.61 Å². The van der Waals surface area contributed by atoms with E-state index in [0.29, 0.717) is 18.3 Å². The van der Waals surface area contributed by atoms with Gasteiger partial charge in [-0.3, -0.25) is 0 Å². The van der Waals surface area contributed by atoms with Crippen LogP contribution in [0.2, 0.25) is 0 Å². The molecule has 0 aromatic heterocycles. The van der Waals surface area contributed by atoms with Crippen molar-refractivity contribution in [2.24, 2.45) is 17.8 Å². The summed E-state index contributed by atoms with van der Waals surface area (Å²) >= 11 is 0. The van der Waals surface area contributed by atoms with Crippen molar-refractivity contribution in [3.05, 3.63) is 53.9 Å². The fourth-order valence-electron chi connectivity index (χ4n) is 5.83. The molecule has 1 nitrogen and oxygen atoms in total. The zero-order valence-electron chi connectivity index (χ0n) is 18.0. The molecule has 2 fully saturated rings. The van der Waals surface area contributed by atoms with Gasteiger partial charge in [0.25, 0.3) is 0 Å². The van der Waals surface area contributed by atoms with E-state index < -0.39 is 0 Å². The SMILES string of the molecule is C/C=C/COc1cc2ccc(C3CCC4CC(CCC)CCC4C3)cc2cc1F. The zero-order valence-corrected chi connectivity index (χ0v) is 18.0. The summed E-state index contributed by atoms with van der Waals surface area (Å²) in [6.07, 6.45) is 14.9. The molecule has 2 aromatic rings. The first-order valence-electron chi connectivity index (χ1n) is 11.6. The Balaban J connectivity index is 1.46. The Morgan fingerprint density at radius 2 is 1.83 bits per heavy atom. The number of allylic oxidation sites excluding steroid dienone is 1. The highest BCUT2D eigenvalue weighted by molar-refractivity contribution is 5.84. The Kier molecular flexibility index (Phi) is 6.57. The van der Waals surface area contributed by atoms with E-state index >= 15 is 0 Å². The first-order chi connectivity index (χ1) is 14.2. The minimum atomic E-state index is -0.267. The molecule has 4 unspecified atom stereocenters. The second-order valence-electron chi connectivity index (χ2n) is 9.27. The Hall–Kier alpha value is -1.83. The van der Waals surface area contributed by atoms with Gasteiger partial charge < -0.3 is 4.74 Å². The van der Waals surface area contributed by atoms with Gasteiger partial charge in [-0.2, -0.15) is 0 Å². The molecule has 2 aliphatic rings. The lowest BCUT2D eigenvalue weighted by atomic mass is 9.63. The molecule has 0 aliphatic heterocycles. The molecule has 4 atom stereocenters. The van der Waals surface area contributed by atoms with Gasteiger partial charge in [0.2, 0.25) is 0 Å². The average Bonchev–Trinajstić information content (AvgIpc) is 2.74. The predicted octanol–water partition coefficient (Wildman–Crippen LogP) is 8.03. The number of hydrogen-bond acceptors (Lipinski definition) is 1. The lowest BCUT2D eigenvalue weighted by molar-refractivity contribution is 0.114. The molecule has 2 heteroatoms. The topological polar surface area (TPSA) is 9.23 Å². The molecular weight excluding hydrogens is 359 g/mol. The molecule has 0 amide bonds. The summed E-state index contributed by atoms with van der Waals surface area (Å²) in [5.74, 6) is 3.54. The summed E-state index contributed by atoms with van der Waals surface area (Å²) in [4.78, 5) is 0. The maximum Gasteiger partial charge on any atom is 0.165 e. The quantitative estimate of drug-likeness (QED) is 0.450. The highest BCUT2D eigenvalue weighted by Crippen LogP contribution is 2.48. The third kappa shape index (κ3) is 4.68. The number of ether oxygens (including phenoxy) is 1. The molecule has 0 spiro atoms. The smallest absolute Gasteiger partial charge is 0.165 e. The maximum atomic E-state index is 14.5. The van der Waals surface area contributed by atoms with Gasteiger partial charge in [-0.1, -0.05) is 56.5 Å². The van der Waals surface area contributed by atoms with Gasteiger partial charge in [0, 0.05) is 0 Å². The van der Waals surface area contributed by atoms with Gasteiger partial charge in [-0.15, -0.1) is 0 Å². The van der Waals surface area contributed by atoms with Gasteiger partial charge in [-0.25, -0.2) is 4.39 Å². The van der Waals surface area contributed by atoms with E-state index in [0.717, 1.165) is 28.5 Å². The van der Waals surface area contributed by atoms with Crippen molar-refractivity contribution in [1.82, 2.24) is 0 Å². The third-order valence-corrected chi connectivity index (χ3v) is 7.38. The molecule has 4 rings (SSSR count). The fourth-order valence-corrected chi connectivity index (χ4v) is 5.83. The highest BCUT2D eigenvalue weighted by Gasteiger charge is 2.35. The number of hydrogen-bond donors (Lipinski definition) is 0. The second kappa shape index (κ2) is 9.32. The van der Waals surface area contributed by atoms with Crippen LogP contribution in [0.3, 0.4) is 0 Å². The molecular formula is C27H35FO. The van der Waals surface area contributed by atoms with E-state index in [2.05, 4.69) is 25.1 Å². The van der Waals surface area contributed by atoms with Gasteiger partial charge in [0.15, 0.2) is 11.6 Å². The number of fused-ring (bicyclic) bond motifs is 2. The first kappa shape index (κ1) is 20.4.